The zero-order valence-electron chi connectivity index (χ0n) is 15.6. The van der Waals surface area contributed by atoms with Crippen LogP contribution in [0.2, 0.25) is 0 Å². The molecule has 150 valence electrons. The van der Waals surface area contributed by atoms with Gasteiger partial charge in [-0.05, 0) is 48.6 Å². The number of aryl methyl sites for hydroxylation is 2. The Morgan fingerprint density at radius 1 is 1.10 bits per heavy atom. The van der Waals surface area contributed by atoms with Gasteiger partial charge in [0.05, 0.1) is 10.6 Å². The minimum absolute atomic E-state index is 0.333. The number of nitrogens with zero attached hydrogens (tertiary/aromatic N) is 2. The first kappa shape index (κ1) is 19.0. The summed E-state index contributed by atoms with van der Waals surface area (Å²) in [6.07, 6.45) is 4.44. The third kappa shape index (κ3) is 3.42. The van der Waals surface area contributed by atoms with E-state index in [0.717, 1.165) is 58.1 Å². The van der Waals surface area contributed by atoms with Crippen molar-refractivity contribution < 1.29 is 13.6 Å². The lowest BCUT2D eigenvalue weighted by Gasteiger charge is -2.07. The minimum Gasteiger partial charge on any atom is -0.298 e. The topological polar surface area (TPSA) is 54.9 Å². The second kappa shape index (κ2) is 7.70. The van der Waals surface area contributed by atoms with E-state index in [4.69, 9.17) is 0 Å². The number of rotatable bonds is 3. The highest BCUT2D eigenvalue weighted by Crippen LogP contribution is 2.40. The Morgan fingerprint density at radius 3 is 2.70 bits per heavy atom. The van der Waals surface area contributed by atoms with E-state index in [0.29, 0.717) is 5.13 Å². The Balaban J connectivity index is 1.51. The maximum atomic E-state index is 13.9. The van der Waals surface area contributed by atoms with Gasteiger partial charge in [0.25, 0.3) is 5.91 Å². The fourth-order valence-electron chi connectivity index (χ4n) is 3.61. The van der Waals surface area contributed by atoms with Crippen molar-refractivity contribution in [1.82, 2.24) is 9.97 Å². The van der Waals surface area contributed by atoms with E-state index in [2.05, 4.69) is 33.5 Å². The summed E-state index contributed by atoms with van der Waals surface area (Å²) in [4.78, 5) is 22.4. The van der Waals surface area contributed by atoms with Crippen molar-refractivity contribution in [2.24, 2.45) is 0 Å². The van der Waals surface area contributed by atoms with Gasteiger partial charge in [0, 0.05) is 17.1 Å². The fourth-order valence-corrected chi connectivity index (χ4v) is 5.30. The molecule has 0 fully saturated rings. The van der Waals surface area contributed by atoms with Crippen LogP contribution in [0, 0.1) is 11.6 Å². The summed E-state index contributed by atoms with van der Waals surface area (Å²) in [7, 11) is 0. The van der Waals surface area contributed by atoms with Crippen LogP contribution in [0.5, 0.6) is 0 Å². The van der Waals surface area contributed by atoms with Crippen LogP contribution in [-0.2, 0) is 12.8 Å². The van der Waals surface area contributed by atoms with E-state index in [9.17, 15) is 13.6 Å². The SMILES string of the molecule is O=C(Nc1nc2c(s1)-c1cc(-c3nccs3)ccc1CCC2)c1c(F)cccc1F. The normalized spacial score (nSPS) is 12.7. The maximum absolute atomic E-state index is 13.9. The molecule has 1 aliphatic rings. The average molecular weight is 440 g/mol. The molecular weight excluding hydrogens is 424 g/mol. The van der Waals surface area contributed by atoms with Gasteiger partial charge < -0.3 is 0 Å². The van der Waals surface area contributed by atoms with Crippen molar-refractivity contribution in [2.45, 2.75) is 19.3 Å². The first-order chi connectivity index (χ1) is 14.6. The molecule has 1 N–H and O–H groups in total. The summed E-state index contributed by atoms with van der Waals surface area (Å²) in [5.74, 6) is -2.64. The number of benzene rings is 2. The Bertz CT molecular complexity index is 1230. The Kier molecular flexibility index (Phi) is 4.88. The number of amides is 1. The highest BCUT2D eigenvalue weighted by Gasteiger charge is 2.23. The Morgan fingerprint density at radius 2 is 1.93 bits per heavy atom. The van der Waals surface area contributed by atoms with E-state index in [-0.39, 0.29) is 0 Å². The predicted octanol–water partition coefficient (Wildman–Crippen LogP) is 5.95. The summed E-state index contributed by atoms with van der Waals surface area (Å²) in [5.41, 5.74) is 3.61. The summed E-state index contributed by atoms with van der Waals surface area (Å²) in [5, 5.41) is 5.78. The van der Waals surface area contributed by atoms with E-state index in [1.807, 2.05) is 5.38 Å². The smallest absolute Gasteiger partial charge is 0.263 e. The average Bonchev–Trinajstić information content (AvgIpc) is 3.36. The molecule has 4 nitrogen and oxygen atoms in total. The van der Waals surface area contributed by atoms with Crippen LogP contribution in [0.3, 0.4) is 0 Å². The Labute approximate surface area is 179 Å². The first-order valence-corrected chi connectivity index (χ1v) is 11.1. The summed E-state index contributed by atoms with van der Waals surface area (Å²) < 4.78 is 27.9. The zero-order valence-corrected chi connectivity index (χ0v) is 17.2. The van der Waals surface area contributed by atoms with Gasteiger partial charge in [0.15, 0.2) is 5.13 Å². The van der Waals surface area contributed by atoms with Crippen LogP contribution in [0.25, 0.3) is 21.0 Å². The largest absolute Gasteiger partial charge is 0.298 e. The molecular formula is C22H15F2N3OS2. The second-order valence-electron chi connectivity index (χ2n) is 6.91. The number of thiazole rings is 2. The number of nitrogens with one attached hydrogen (secondary N) is 1. The van der Waals surface area contributed by atoms with Crippen LogP contribution in [0.1, 0.15) is 28.0 Å². The molecule has 0 saturated heterocycles. The van der Waals surface area contributed by atoms with Crippen molar-refractivity contribution in [3.05, 3.63) is 76.4 Å². The van der Waals surface area contributed by atoms with Crippen molar-refractivity contribution in [3.63, 3.8) is 0 Å². The van der Waals surface area contributed by atoms with Crippen molar-refractivity contribution in [1.29, 1.82) is 0 Å². The molecule has 30 heavy (non-hydrogen) atoms. The Hall–Kier alpha value is -2.97. The number of halogens is 2. The van der Waals surface area contributed by atoms with Gasteiger partial charge in [-0.15, -0.1) is 11.3 Å². The highest BCUT2D eigenvalue weighted by molar-refractivity contribution is 7.19. The molecule has 8 heteroatoms. The lowest BCUT2D eigenvalue weighted by Crippen LogP contribution is -2.15. The van der Waals surface area contributed by atoms with Gasteiger partial charge in [-0.2, -0.15) is 0 Å². The van der Waals surface area contributed by atoms with Crippen molar-refractivity contribution in [3.8, 4) is 21.0 Å². The number of anilines is 1. The van der Waals surface area contributed by atoms with E-state index in [1.54, 1.807) is 17.5 Å². The van der Waals surface area contributed by atoms with E-state index < -0.39 is 23.1 Å². The number of hydrogen-bond donors (Lipinski definition) is 1. The fraction of sp³-hybridized carbons (Fsp3) is 0.136. The lowest BCUT2D eigenvalue weighted by atomic mass is 10.0. The molecule has 1 amide bonds. The third-order valence-corrected chi connectivity index (χ3v) is 6.87. The second-order valence-corrected chi connectivity index (χ2v) is 8.80. The standard InChI is InChI=1S/C22H15F2N3OS2/c23-15-4-2-5-16(24)18(15)20(28)27-22-26-17-6-1-3-12-7-8-13(21-25-9-10-29-21)11-14(12)19(17)30-22/h2,4-5,7-11H,1,3,6H2,(H,26,27,28). The van der Waals surface area contributed by atoms with Crippen LogP contribution >= 0.6 is 22.7 Å². The number of aromatic nitrogens is 2. The molecule has 2 heterocycles. The monoisotopic (exact) mass is 439 g/mol. The summed E-state index contributed by atoms with van der Waals surface area (Å²) in [6.45, 7) is 0. The molecule has 2 aromatic carbocycles. The van der Waals surface area contributed by atoms with Gasteiger partial charge in [-0.3, -0.25) is 10.1 Å². The van der Waals surface area contributed by atoms with E-state index >= 15 is 0 Å². The van der Waals surface area contributed by atoms with Gasteiger partial charge in [-0.1, -0.05) is 29.5 Å². The lowest BCUT2D eigenvalue weighted by molar-refractivity contribution is 0.101. The summed E-state index contributed by atoms with van der Waals surface area (Å²) >= 11 is 2.90. The molecule has 0 saturated carbocycles. The van der Waals surface area contributed by atoms with Gasteiger partial charge in [0.2, 0.25) is 0 Å². The number of carbonyl (C=O) groups is 1. The quantitative estimate of drug-likeness (QED) is 0.429. The van der Waals surface area contributed by atoms with Gasteiger partial charge >= 0.3 is 0 Å². The highest BCUT2D eigenvalue weighted by atomic mass is 32.1. The molecule has 0 aliphatic heterocycles. The molecule has 1 aliphatic carbocycles. The number of fused-ring (bicyclic) bond motifs is 3. The van der Waals surface area contributed by atoms with Crippen LogP contribution in [-0.4, -0.2) is 15.9 Å². The molecule has 5 rings (SSSR count). The first-order valence-electron chi connectivity index (χ1n) is 9.38. The molecule has 2 aromatic heterocycles. The van der Waals surface area contributed by atoms with Crippen molar-refractivity contribution >= 4 is 33.7 Å². The van der Waals surface area contributed by atoms with Gasteiger partial charge in [0.1, 0.15) is 22.2 Å². The third-order valence-electron chi connectivity index (χ3n) is 5.00. The molecule has 0 bridgehead atoms. The molecule has 4 aromatic rings. The molecule has 0 unspecified atom stereocenters. The van der Waals surface area contributed by atoms with Crippen molar-refractivity contribution in [2.75, 3.05) is 5.32 Å². The van der Waals surface area contributed by atoms with Crippen LogP contribution in [0.4, 0.5) is 13.9 Å². The molecule has 0 radical (unpaired) electrons. The minimum atomic E-state index is -0.899. The summed E-state index contributed by atoms with van der Waals surface area (Å²) in [6, 6.07) is 9.65. The maximum Gasteiger partial charge on any atom is 0.263 e. The van der Waals surface area contributed by atoms with Crippen LogP contribution in [0.15, 0.2) is 48.0 Å². The van der Waals surface area contributed by atoms with Crippen LogP contribution < -0.4 is 5.32 Å². The molecule has 0 atom stereocenters. The predicted molar refractivity (Wildman–Crippen MR) is 115 cm³/mol. The molecule has 0 spiro atoms. The number of carbonyl (C=O) groups excluding carboxylic acids is 1. The number of hydrogen-bond acceptors (Lipinski definition) is 5. The van der Waals surface area contributed by atoms with E-state index in [1.165, 1.54) is 23.0 Å². The van der Waals surface area contributed by atoms with Gasteiger partial charge in [-0.25, -0.2) is 18.7 Å². The zero-order chi connectivity index (χ0) is 20.7.